The summed E-state index contributed by atoms with van der Waals surface area (Å²) in [6, 6.07) is 7.25. The Morgan fingerprint density at radius 2 is 1.59 bits per heavy atom. The molecule has 0 aliphatic carbocycles. The van der Waals surface area contributed by atoms with Gasteiger partial charge in [0.15, 0.2) is 5.78 Å². The average Bonchev–Trinajstić information content (AvgIpc) is 2.52. The van der Waals surface area contributed by atoms with Gasteiger partial charge in [-0.1, -0.05) is 68.9 Å². The molecule has 0 fully saturated rings. The van der Waals surface area contributed by atoms with Gasteiger partial charge >= 0.3 is 5.97 Å². The second-order valence-corrected chi connectivity index (χ2v) is 5.50. The third kappa shape index (κ3) is 7.77. The molecule has 0 amide bonds. The molecule has 1 rings (SSSR count). The zero-order chi connectivity index (χ0) is 16.2. The molecule has 0 aliphatic heterocycles. The largest absolute Gasteiger partial charge is 0.463 e. The molecule has 0 saturated heterocycles. The van der Waals surface area contributed by atoms with Crippen LogP contribution in [-0.4, -0.2) is 18.4 Å². The van der Waals surface area contributed by atoms with E-state index < -0.39 is 5.97 Å². The number of unbranched alkanes of at least 4 members (excludes halogenated alkanes) is 5. The van der Waals surface area contributed by atoms with Crippen molar-refractivity contribution in [3.05, 3.63) is 47.5 Å². The summed E-state index contributed by atoms with van der Waals surface area (Å²) in [6.45, 7) is 4.57. The molecule has 0 atom stereocenters. The first-order chi connectivity index (χ1) is 10.6. The predicted octanol–water partition coefficient (Wildman–Crippen LogP) is 4.64. The normalized spacial score (nSPS) is 10.8. The molecule has 0 unspecified atom stereocenters. The minimum Gasteiger partial charge on any atom is -0.463 e. The Balaban J connectivity index is 2.21. The van der Waals surface area contributed by atoms with Crippen molar-refractivity contribution >= 4 is 11.8 Å². The van der Waals surface area contributed by atoms with Gasteiger partial charge < -0.3 is 4.74 Å². The number of ether oxygens (including phenoxy) is 1. The van der Waals surface area contributed by atoms with Crippen molar-refractivity contribution in [3.63, 3.8) is 0 Å². The minimum absolute atomic E-state index is 0.184. The summed E-state index contributed by atoms with van der Waals surface area (Å²) in [5.74, 6) is -0.634. The van der Waals surface area contributed by atoms with E-state index in [2.05, 4.69) is 6.92 Å². The molecule has 0 bridgehead atoms. The molecule has 0 radical (unpaired) electrons. The highest BCUT2D eigenvalue weighted by molar-refractivity contribution is 6.06. The summed E-state index contributed by atoms with van der Waals surface area (Å²) in [5, 5.41) is 0. The SMILES string of the molecule is CCCCCCCCOC(=O)C=CC(=O)c1ccc(C)cc1. The molecule has 1 aromatic carbocycles. The molecule has 0 aromatic heterocycles. The van der Waals surface area contributed by atoms with Gasteiger partial charge in [0.25, 0.3) is 0 Å². The fourth-order valence-corrected chi connectivity index (χ4v) is 2.06. The number of aryl methyl sites for hydroxylation is 1. The van der Waals surface area contributed by atoms with Gasteiger partial charge in [-0.2, -0.15) is 0 Å². The van der Waals surface area contributed by atoms with Crippen molar-refractivity contribution < 1.29 is 14.3 Å². The van der Waals surface area contributed by atoms with E-state index in [1.54, 1.807) is 12.1 Å². The zero-order valence-electron chi connectivity index (χ0n) is 13.6. The van der Waals surface area contributed by atoms with Gasteiger partial charge in [0, 0.05) is 11.6 Å². The van der Waals surface area contributed by atoms with Crippen LogP contribution in [0.2, 0.25) is 0 Å². The highest BCUT2D eigenvalue weighted by Gasteiger charge is 2.03. The maximum absolute atomic E-state index is 11.8. The molecule has 0 spiro atoms. The average molecular weight is 302 g/mol. The van der Waals surface area contributed by atoms with E-state index in [1.807, 2.05) is 19.1 Å². The Kier molecular flexibility index (Phi) is 8.89. The first-order valence-electron chi connectivity index (χ1n) is 8.09. The van der Waals surface area contributed by atoms with Gasteiger partial charge in [-0.05, 0) is 19.4 Å². The Morgan fingerprint density at radius 1 is 0.955 bits per heavy atom. The van der Waals surface area contributed by atoms with Gasteiger partial charge in [0.2, 0.25) is 0 Å². The molecule has 0 aliphatic rings. The number of ketones is 1. The lowest BCUT2D eigenvalue weighted by atomic mass is 10.1. The van der Waals surface area contributed by atoms with Gasteiger partial charge in [-0.25, -0.2) is 4.79 Å². The van der Waals surface area contributed by atoms with Crippen molar-refractivity contribution in [2.24, 2.45) is 0 Å². The number of allylic oxidation sites excluding steroid dienone is 1. The van der Waals surface area contributed by atoms with Crippen molar-refractivity contribution in [1.29, 1.82) is 0 Å². The molecule has 3 heteroatoms. The quantitative estimate of drug-likeness (QED) is 0.274. The van der Waals surface area contributed by atoms with Crippen LogP contribution in [0.4, 0.5) is 0 Å². The molecule has 120 valence electrons. The van der Waals surface area contributed by atoms with Crippen molar-refractivity contribution in [2.75, 3.05) is 6.61 Å². The Labute approximate surface area is 133 Å². The fourth-order valence-electron chi connectivity index (χ4n) is 2.06. The van der Waals surface area contributed by atoms with E-state index in [0.717, 1.165) is 18.4 Å². The fraction of sp³-hybridized carbons (Fsp3) is 0.474. The van der Waals surface area contributed by atoms with Crippen LogP contribution in [-0.2, 0) is 9.53 Å². The maximum Gasteiger partial charge on any atom is 0.330 e. The molecule has 3 nitrogen and oxygen atoms in total. The Hall–Kier alpha value is -1.90. The number of hydrogen-bond acceptors (Lipinski definition) is 3. The van der Waals surface area contributed by atoms with Crippen LogP contribution in [0.3, 0.4) is 0 Å². The van der Waals surface area contributed by atoms with Crippen LogP contribution in [0.5, 0.6) is 0 Å². The second kappa shape index (κ2) is 10.8. The summed E-state index contributed by atoms with van der Waals surface area (Å²) in [4.78, 5) is 23.3. The summed E-state index contributed by atoms with van der Waals surface area (Å²) < 4.78 is 5.08. The van der Waals surface area contributed by atoms with E-state index in [1.165, 1.54) is 37.8 Å². The molecule has 1 aromatic rings. The van der Waals surface area contributed by atoms with Crippen molar-refractivity contribution in [3.8, 4) is 0 Å². The number of benzene rings is 1. The number of carbonyl (C=O) groups excluding carboxylic acids is 2. The third-order valence-electron chi connectivity index (χ3n) is 3.45. The maximum atomic E-state index is 11.8. The number of carbonyl (C=O) groups is 2. The van der Waals surface area contributed by atoms with E-state index in [0.29, 0.717) is 12.2 Å². The molecule has 0 heterocycles. The summed E-state index contributed by atoms with van der Waals surface area (Å²) >= 11 is 0. The third-order valence-corrected chi connectivity index (χ3v) is 3.45. The highest BCUT2D eigenvalue weighted by Crippen LogP contribution is 2.06. The lowest BCUT2D eigenvalue weighted by Gasteiger charge is -2.02. The topological polar surface area (TPSA) is 43.4 Å². The predicted molar refractivity (Wildman–Crippen MR) is 89.0 cm³/mol. The highest BCUT2D eigenvalue weighted by atomic mass is 16.5. The van der Waals surface area contributed by atoms with Crippen molar-refractivity contribution in [1.82, 2.24) is 0 Å². The molecular formula is C19H26O3. The zero-order valence-corrected chi connectivity index (χ0v) is 13.6. The lowest BCUT2D eigenvalue weighted by molar-refractivity contribution is -0.137. The minimum atomic E-state index is -0.450. The second-order valence-electron chi connectivity index (χ2n) is 5.50. The first-order valence-corrected chi connectivity index (χ1v) is 8.09. The van der Waals surface area contributed by atoms with Crippen LogP contribution in [0.15, 0.2) is 36.4 Å². The summed E-state index contributed by atoms with van der Waals surface area (Å²) in [7, 11) is 0. The van der Waals surface area contributed by atoms with Crippen LogP contribution < -0.4 is 0 Å². The monoisotopic (exact) mass is 302 g/mol. The van der Waals surface area contributed by atoms with E-state index in [-0.39, 0.29) is 5.78 Å². The van der Waals surface area contributed by atoms with Crippen LogP contribution in [0.25, 0.3) is 0 Å². The number of rotatable bonds is 10. The van der Waals surface area contributed by atoms with Gasteiger partial charge in [-0.3, -0.25) is 4.79 Å². The summed E-state index contributed by atoms with van der Waals surface area (Å²) in [5.41, 5.74) is 1.67. The number of hydrogen-bond donors (Lipinski definition) is 0. The molecule has 22 heavy (non-hydrogen) atoms. The lowest BCUT2D eigenvalue weighted by Crippen LogP contribution is -2.04. The standard InChI is InChI=1S/C19H26O3/c1-3-4-5-6-7-8-15-22-19(21)14-13-18(20)17-11-9-16(2)10-12-17/h9-14H,3-8,15H2,1-2H3. The van der Waals surface area contributed by atoms with Gasteiger partial charge in [-0.15, -0.1) is 0 Å². The molecular weight excluding hydrogens is 276 g/mol. The Bertz CT molecular complexity index is 486. The van der Waals surface area contributed by atoms with Gasteiger partial charge in [0.05, 0.1) is 6.61 Å². The van der Waals surface area contributed by atoms with Crippen LogP contribution in [0.1, 0.15) is 61.4 Å². The van der Waals surface area contributed by atoms with E-state index in [4.69, 9.17) is 4.74 Å². The number of esters is 1. The van der Waals surface area contributed by atoms with Crippen molar-refractivity contribution in [2.45, 2.75) is 52.4 Å². The van der Waals surface area contributed by atoms with Crippen LogP contribution >= 0.6 is 0 Å². The first kappa shape index (κ1) is 18.1. The van der Waals surface area contributed by atoms with E-state index in [9.17, 15) is 9.59 Å². The summed E-state index contributed by atoms with van der Waals surface area (Å²) in [6.07, 6.45) is 9.38. The van der Waals surface area contributed by atoms with Gasteiger partial charge in [0.1, 0.15) is 0 Å². The van der Waals surface area contributed by atoms with E-state index >= 15 is 0 Å². The molecule has 0 saturated carbocycles. The Morgan fingerprint density at radius 3 is 2.27 bits per heavy atom. The van der Waals surface area contributed by atoms with Crippen LogP contribution in [0, 0.1) is 6.92 Å². The smallest absolute Gasteiger partial charge is 0.330 e. The molecule has 0 N–H and O–H groups in total.